The number of fused-ring (bicyclic) bond motifs is 3. The van der Waals surface area contributed by atoms with Crippen molar-refractivity contribution in [2.75, 3.05) is 26.1 Å². The van der Waals surface area contributed by atoms with E-state index in [0.717, 1.165) is 17.2 Å². The number of amides is 1. The van der Waals surface area contributed by atoms with E-state index in [1.54, 1.807) is 17.6 Å². The first-order chi connectivity index (χ1) is 19.2. The van der Waals surface area contributed by atoms with Gasteiger partial charge in [-0.25, -0.2) is 9.37 Å². The largest absolute Gasteiger partial charge is 0.417 e. The van der Waals surface area contributed by atoms with Gasteiger partial charge in [0.2, 0.25) is 0 Å². The van der Waals surface area contributed by atoms with Gasteiger partial charge in [0, 0.05) is 39.1 Å². The van der Waals surface area contributed by atoms with Crippen molar-refractivity contribution in [1.29, 1.82) is 0 Å². The van der Waals surface area contributed by atoms with Gasteiger partial charge in [0.25, 0.3) is 5.91 Å². The molecule has 0 bridgehead atoms. The van der Waals surface area contributed by atoms with E-state index in [1.165, 1.54) is 12.0 Å². The molecule has 0 aromatic carbocycles. The molecule has 224 valence electrons. The number of carbonyl (C=O) groups excluding carboxylic acids is 1. The number of pyridine rings is 2. The third kappa shape index (κ3) is 6.88. The molecule has 2 N–H and O–H groups in total. The fourth-order valence-corrected chi connectivity index (χ4v) is 5.41. The Hall–Kier alpha value is -3.07. The maximum atomic E-state index is 14.8. The highest BCUT2D eigenvalue weighted by Crippen LogP contribution is 2.34. The van der Waals surface area contributed by atoms with Crippen LogP contribution in [-0.4, -0.2) is 59.8 Å². The topological polar surface area (TPSA) is 105 Å². The number of aromatic nitrogens is 3. The zero-order valence-corrected chi connectivity index (χ0v) is 24.8. The van der Waals surface area contributed by atoms with Gasteiger partial charge in [0.05, 0.1) is 54.7 Å². The summed E-state index contributed by atoms with van der Waals surface area (Å²) in [5.41, 5.74) is 7.56. The van der Waals surface area contributed by atoms with Gasteiger partial charge >= 0.3 is 6.18 Å². The van der Waals surface area contributed by atoms with Crippen molar-refractivity contribution in [3.63, 3.8) is 0 Å². The van der Waals surface area contributed by atoms with Gasteiger partial charge in [0.1, 0.15) is 24.1 Å². The van der Waals surface area contributed by atoms with Crippen LogP contribution >= 0.6 is 0 Å². The Morgan fingerprint density at radius 3 is 2.59 bits per heavy atom. The van der Waals surface area contributed by atoms with Crippen LogP contribution in [0.15, 0.2) is 18.3 Å². The summed E-state index contributed by atoms with van der Waals surface area (Å²) in [6, 6.07) is 2.31. The SMILES string of the molecule is COC[C@@H](C)N(Cc1ncc(C(F)(F)F)cc1F)C(=O)c1cc2nc(N)c3c(c2n1COCC[Si](C)(C)C)COC3. The number of carbonyl (C=O) groups is 1. The van der Waals surface area contributed by atoms with Crippen LogP contribution in [0.5, 0.6) is 0 Å². The zero-order chi connectivity index (χ0) is 30.1. The predicted molar refractivity (Wildman–Crippen MR) is 147 cm³/mol. The quantitative estimate of drug-likeness (QED) is 0.184. The van der Waals surface area contributed by atoms with Crippen molar-refractivity contribution in [3.8, 4) is 0 Å². The number of ether oxygens (including phenoxy) is 3. The first-order valence-corrected chi connectivity index (χ1v) is 16.9. The van der Waals surface area contributed by atoms with Crippen molar-refractivity contribution < 1.29 is 36.6 Å². The molecule has 0 saturated carbocycles. The third-order valence-electron chi connectivity index (χ3n) is 6.97. The molecule has 0 aliphatic carbocycles. The van der Waals surface area contributed by atoms with Crippen LogP contribution in [0.25, 0.3) is 11.0 Å². The number of rotatable bonds is 11. The molecule has 0 radical (unpaired) electrons. The summed E-state index contributed by atoms with van der Waals surface area (Å²) < 4.78 is 72.7. The van der Waals surface area contributed by atoms with Crippen LogP contribution < -0.4 is 5.73 Å². The molecule has 4 rings (SSSR count). The second kappa shape index (κ2) is 12.0. The summed E-state index contributed by atoms with van der Waals surface area (Å²) in [4.78, 5) is 23.7. The molecule has 1 atom stereocenters. The standard InChI is InChI=1S/C27H35F4N5O4Si/c1-16(12-38-2)35(11-22-20(28)8-17(10-33-22)27(29,30)31)26(37)23-9-21-24(18-13-40-14-19(18)25(32)34-21)36(23)15-39-6-7-41(3,4)5/h8-10,16H,6-7,11-15H2,1-5H3,(H2,32,34)/t16-/m1/s1. The number of hydrogen-bond acceptors (Lipinski definition) is 7. The maximum absolute atomic E-state index is 14.8. The van der Waals surface area contributed by atoms with E-state index in [4.69, 9.17) is 19.9 Å². The van der Waals surface area contributed by atoms with Gasteiger partial charge in [-0.1, -0.05) is 19.6 Å². The lowest BCUT2D eigenvalue weighted by Crippen LogP contribution is -2.42. The first kappa shape index (κ1) is 30.9. The Labute approximate surface area is 236 Å². The average molecular weight is 598 g/mol. The Bertz CT molecular complexity index is 1420. The van der Waals surface area contributed by atoms with Crippen LogP contribution in [0.3, 0.4) is 0 Å². The van der Waals surface area contributed by atoms with Crippen LogP contribution in [0.4, 0.5) is 23.4 Å². The van der Waals surface area contributed by atoms with Gasteiger partial charge in [-0.05, 0) is 25.1 Å². The van der Waals surface area contributed by atoms with E-state index >= 15 is 0 Å². The van der Waals surface area contributed by atoms with E-state index in [-0.39, 0.29) is 37.9 Å². The summed E-state index contributed by atoms with van der Waals surface area (Å²) in [5.74, 6) is -1.38. The van der Waals surface area contributed by atoms with E-state index in [1.807, 2.05) is 0 Å². The van der Waals surface area contributed by atoms with Gasteiger partial charge < -0.3 is 29.4 Å². The number of nitrogens with two attached hydrogens (primary N) is 1. The van der Waals surface area contributed by atoms with Crippen LogP contribution in [-0.2, 0) is 46.9 Å². The summed E-state index contributed by atoms with van der Waals surface area (Å²) in [6.45, 7) is 9.23. The van der Waals surface area contributed by atoms with Crippen molar-refractivity contribution >= 4 is 30.8 Å². The fourth-order valence-electron chi connectivity index (χ4n) is 4.65. The highest BCUT2D eigenvalue weighted by Gasteiger charge is 2.33. The molecule has 3 aromatic rings. The molecule has 0 spiro atoms. The smallest absolute Gasteiger partial charge is 0.383 e. The van der Waals surface area contributed by atoms with Crippen LogP contribution in [0.2, 0.25) is 25.7 Å². The minimum absolute atomic E-state index is 0.0481. The van der Waals surface area contributed by atoms with E-state index < -0.39 is 37.6 Å². The van der Waals surface area contributed by atoms with Crippen molar-refractivity contribution in [1.82, 2.24) is 19.4 Å². The third-order valence-corrected chi connectivity index (χ3v) is 8.68. The van der Waals surface area contributed by atoms with Gasteiger partial charge in [-0.3, -0.25) is 9.78 Å². The second-order valence-electron chi connectivity index (χ2n) is 11.4. The molecule has 0 fully saturated rings. The zero-order valence-electron chi connectivity index (χ0n) is 23.8. The molecule has 0 saturated heterocycles. The summed E-state index contributed by atoms with van der Waals surface area (Å²) in [5, 5.41) is 0. The Kier molecular flexibility index (Phi) is 9.06. The van der Waals surface area contributed by atoms with E-state index in [0.29, 0.717) is 42.3 Å². The van der Waals surface area contributed by atoms with Crippen molar-refractivity contribution in [2.24, 2.45) is 0 Å². The minimum Gasteiger partial charge on any atom is -0.383 e. The van der Waals surface area contributed by atoms with Crippen LogP contribution in [0.1, 0.15) is 39.8 Å². The monoisotopic (exact) mass is 597 g/mol. The molecule has 1 aliphatic rings. The molecular formula is C27H35F4N5O4Si. The number of alkyl halides is 3. The highest BCUT2D eigenvalue weighted by atomic mass is 28.3. The summed E-state index contributed by atoms with van der Waals surface area (Å²) in [7, 11) is 0.0696. The fraction of sp³-hybridized carbons (Fsp3) is 0.519. The molecule has 41 heavy (non-hydrogen) atoms. The summed E-state index contributed by atoms with van der Waals surface area (Å²) in [6.07, 6.45) is -4.19. The normalized spacial score (nSPS) is 14.5. The average Bonchev–Trinajstić information content (AvgIpc) is 3.50. The number of hydrogen-bond donors (Lipinski definition) is 1. The van der Waals surface area contributed by atoms with Crippen molar-refractivity contribution in [2.45, 2.75) is 71.3 Å². The number of nitrogens with zero attached hydrogens (tertiary/aromatic N) is 4. The van der Waals surface area contributed by atoms with E-state index in [2.05, 4.69) is 29.6 Å². The molecule has 1 amide bonds. The molecule has 4 heterocycles. The Balaban J connectivity index is 1.75. The molecule has 9 nitrogen and oxygen atoms in total. The molecule has 3 aromatic heterocycles. The number of nitrogen functional groups attached to an aromatic ring is 1. The van der Waals surface area contributed by atoms with Gasteiger partial charge in [-0.2, -0.15) is 13.2 Å². The molecule has 14 heteroatoms. The maximum Gasteiger partial charge on any atom is 0.417 e. The second-order valence-corrected chi connectivity index (χ2v) is 17.0. The highest BCUT2D eigenvalue weighted by molar-refractivity contribution is 6.76. The lowest BCUT2D eigenvalue weighted by Gasteiger charge is -2.29. The van der Waals surface area contributed by atoms with Gasteiger partial charge in [0.15, 0.2) is 0 Å². The number of methoxy groups -OCH3 is 1. The number of anilines is 1. The molecule has 0 unspecified atom stereocenters. The lowest BCUT2D eigenvalue weighted by atomic mass is 10.1. The Morgan fingerprint density at radius 2 is 1.95 bits per heavy atom. The number of halogens is 4. The minimum atomic E-state index is -4.75. The summed E-state index contributed by atoms with van der Waals surface area (Å²) >= 11 is 0. The Morgan fingerprint density at radius 1 is 1.24 bits per heavy atom. The predicted octanol–water partition coefficient (Wildman–Crippen LogP) is 5.19. The van der Waals surface area contributed by atoms with Crippen LogP contribution in [0, 0.1) is 5.82 Å². The van der Waals surface area contributed by atoms with E-state index in [9.17, 15) is 22.4 Å². The lowest BCUT2D eigenvalue weighted by molar-refractivity contribution is -0.138. The van der Waals surface area contributed by atoms with Gasteiger partial charge in [-0.15, -0.1) is 0 Å². The molecular weight excluding hydrogens is 562 g/mol. The first-order valence-electron chi connectivity index (χ1n) is 13.2. The molecule has 1 aliphatic heterocycles. The van der Waals surface area contributed by atoms with Crippen molar-refractivity contribution in [3.05, 3.63) is 52.2 Å².